The summed E-state index contributed by atoms with van der Waals surface area (Å²) in [4.78, 5) is 11.4. The van der Waals surface area contributed by atoms with E-state index in [1.807, 2.05) is 18.2 Å². The molecule has 0 saturated carbocycles. The van der Waals surface area contributed by atoms with E-state index in [2.05, 4.69) is 10.6 Å². The van der Waals surface area contributed by atoms with Gasteiger partial charge in [-0.25, -0.2) is 0 Å². The molecule has 0 radical (unpaired) electrons. The number of hydrogen-bond donors (Lipinski definition) is 3. The lowest BCUT2D eigenvalue weighted by Gasteiger charge is -2.30. The lowest BCUT2D eigenvalue weighted by atomic mass is 9.99. The Hall–Kier alpha value is -1.55. The fourth-order valence-electron chi connectivity index (χ4n) is 3.22. The van der Waals surface area contributed by atoms with Crippen molar-refractivity contribution < 1.29 is 4.79 Å². The topological polar surface area (TPSA) is 67.2 Å². The minimum atomic E-state index is -0.366. The van der Waals surface area contributed by atoms with Crippen LogP contribution in [-0.4, -0.2) is 24.0 Å². The predicted octanol–water partition coefficient (Wildman–Crippen LogP) is 1.48. The second-order valence-corrected chi connectivity index (χ2v) is 5.36. The highest BCUT2D eigenvalue weighted by Gasteiger charge is 2.33. The first-order valence-corrected chi connectivity index (χ1v) is 6.64. The predicted molar refractivity (Wildman–Crippen MR) is 71.6 cm³/mol. The molecule has 0 aromatic heterocycles. The third-order valence-electron chi connectivity index (χ3n) is 4.03. The zero-order valence-electron chi connectivity index (χ0n) is 10.4. The van der Waals surface area contributed by atoms with E-state index in [4.69, 9.17) is 5.73 Å². The van der Waals surface area contributed by atoms with Gasteiger partial charge in [0.15, 0.2) is 0 Å². The molecular weight excluding hydrogens is 226 g/mol. The number of piperidine rings is 1. The molecule has 0 aliphatic carbocycles. The van der Waals surface area contributed by atoms with Crippen LogP contribution in [-0.2, 0) is 0 Å². The second-order valence-electron chi connectivity index (χ2n) is 5.36. The van der Waals surface area contributed by atoms with Crippen molar-refractivity contribution in [1.29, 1.82) is 0 Å². The number of hydrogen-bond acceptors (Lipinski definition) is 3. The van der Waals surface area contributed by atoms with Crippen LogP contribution in [0.15, 0.2) is 24.3 Å². The van der Waals surface area contributed by atoms with E-state index in [9.17, 15) is 4.79 Å². The number of nitrogens with two attached hydrogens (primary N) is 1. The molecule has 1 amide bonds. The molecule has 2 fully saturated rings. The molecule has 2 atom stereocenters. The van der Waals surface area contributed by atoms with Crippen molar-refractivity contribution >= 4 is 11.6 Å². The van der Waals surface area contributed by atoms with E-state index < -0.39 is 0 Å². The smallest absolute Gasteiger partial charge is 0.250 e. The molecule has 4 heteroatoms. The van der Waals surface area contributed by atoms with Crippen molar-refractivity contribution in [3.8, 4) is 0 Å². The lowest BCUT2D eigenvalue weighted by Crippen LogP contribution is -2.43. The molecule has 1 aromatic rings. The number of carbonyl (C=O) groups excluding carboxylic acids is 1. The first-order valence-electron chi connectivity index (χ1n) is 6.64. The van der Waals surface area contributed by atoms with Gasteiger partial charge in [0.2, 0.25) is 0 Å². The van der Waals surface area contributed by atoms with E-state index in [0.717, 1.165) is 18.5 Å². The largest absolute Gasteiger partial charge is 0.382 e. The van der Waals surface area contributed by atoms with Crippen LogP contribution in [0.1, 0.15) is 36.0 Å². The molecule has 2 aliphatic heterocycles. The fourth-order valence-corrected chi connectivity index (χ4v) is 3.22. The van der Waals surface area contributed by atoms with Gasteiger partial charge in [0.1, 0.15) is 0 Å². The number of benzene rings is 1. The molecule has 3 rings (SSSR count). The Bertz CT molecular complexity index is 448. The first kappa shape index (κ1) is 11.5. The summed E-state index contributed by atoms with van der Waals surface area (Å²) in [5, 5.41) is 7.10. The van der Waals surface area contributed by atoms with Crippen molar-refractivity contribution in [3.63, 3.8) is 0 Å². The van der Waals surface area contributed by atoms with Gasteiger partial charge < -0.3 is 16.4 Å². The van der Waals surface area contributed by atoms with E-state index in [1.165, 1.54) is 12.8 Å². The van der Waals surface area contributed by atoms with Gasteiger partial charge in [0.05, 0.1) is 5.56 Å². The Morgan fingerprint density at radius 3 is 2.56 bits per heavy atom. The lowest BCUT2D eigenvalue weighted by molar-refractivity contribution is 0.100. The maximum absolute atomic E-state index is 11.4. The summed E-state index contributed by atoms with van der Waals surface area (Å²) >= 11 is 0. The standard InChI is InChI=1S/C14H19N3O/c15-14(18)12-3-1-2-4-13(12)17-11-7-9-5-6-10(8-11)16-9/h1-4,9-11,16-17H,5-8H2,(H2,15,18). The Labute approximate surface area is 107 Å². The van der Waals surface area contributed by atoms with Crippen LogP contribution in [0.4, 0.5) is 5.69 Å². The highest BCUT2D eigenvalue weighted by atomic mass is 16.1. The van der Waals surface area contributed by atoms with Gasteiger partial charge >= 0.3 is 0 Å². The minimum absolute atomic E-state index is 0.366. The Balaban J connectivity index is 1.75. The molecule has 2 saturated heterocycles. The molecule has 4 N–H and O–H groups in total. The van der Waals surface area contributed by atoms with Gasteiger partial charge in [-0.05, 0) is 37.8 Å². The van der Waals surface area contributed by atoms with Gasteiger partial charge in [-0.3, -0.25) is 4.79 Å². The van der Waals surface area contributed by atoms with Crippen molar-refractivity contribution in [2.45, 2.75) is 43.8 Å². The summed E-state index contributed by atoms with van der Waals surface area (Å²) in [5.41, 5.74) is 6.85. The zero-order chi connectivity index (χ0) is 12.5. The van der Waals surface area contributed by atoms with Crippen LogP contribution in [0.5, 0.6) is 0 Å². The molecule has 2 bridgehead atoms. The molecule has 1 aromatic carbocycles. The van der Waals surface area contributed by atoms with Crippen LogP contribution in [0.25, 0.3) is 0 Å². The first-order chi connectivity index (χ1) is 8.72. The number of anilines is 1. The van der Waals surface area contributed by atoms with Crippen molar-refractivity contribution in [2.75, 3.05) is 5.32 Å². The van der Waals surface area contributed by atoms with Crippen LogP contribution in [0.3, 0.4) is 0 Å². The van der Waals surface area contributed by atoms with Crippen molar-refractivity contribution in [2.24, 2.45) is 5.73 Å². The van der Waals surface area contributed by atoms with Crippen molar-refractivity contribution in [1.82, 2.24) is 5.32 Å². The summed E-state index contributed by atoms with van der Waals surface area (Å²) < 4.78 is 0. The number of nitrogens with one attached hydrogen (secondary N) is 2. The van der Waals surface area contributed by atoms with E-state index in [0.29, 0.717) is 23.7 Å². The molecule has 2 unspecified atom stereocenters. The maximum Gasteiger partial charge on any atom is 0.250 e. The highest BCUT2D eigenvalue weighted by Crippen LogP contribution is 2.29. The molecule has 2 heterocycles. The monoisotopic (exact) mass is 245 g/mol. The second kappa shape index (κ2) is 4.61. The van der Waals surface area contributed by atoms with Gasteiger partial charge in [0, 0.05) is 23.8 Å². The van der Waals surface area contributed by atoms with Gasteiger partial charge in [0.25, 0.3) is 5.91 Å². The molecule has 4 nitrogen and oxygen atoms in total. The average Bonchev–Trinajstić information content (AvgIpc) is 2.69. The third-order valence-corrected chi connectivity index (χ3v) is 4.03. The molecule has 96 valence electrons. The molecule has 18 heavy (non-hydrogen) atoms. The molecule has 2 aliphatic rings. The Morgan fingerprint density at radius 1 is 1.22 bits per heavy atom. The SMILES string of the molecule is NC(=O)c1ccccc1NC1CC2CCC(C1)N2. The third kappa shape index (κ3) is 2.20. The summed E-state index contributed by atoms with van der Waals surface area (Å²) in [7, 11) is 0. The van der Waals surface area contributed by atoms with E-state index >= 15 is 0 Å². The van der Waals surface area contributed by atoms with Gasteiger partial charge in [-0.2, -0.15) is 0 Å². The van der Waals surface area contributed by atoms with E-state index in [-0.39, 0.29) is 5.91 Å². The van der Waals surface area contributed by atoms with Crippen LogP contribution >= 0.6 is 0 Å². The van der Waals surface area contributed by atoms with E-state index in [1.54, 1.807) is 6.07 Å². The molecular formula is C14H19N3O. The minimum Gasteiger partial charge on any atom is -0.382 e. The van der Waals surface area contributed by atoms with Gasteiger partial charge in [-0.15, -0.1) is 0 Å². The molecule has 0 spiro atoms. The van der Waals surface area contributed by atoms with Crippen LogP contribution in [0, 0.1) is 0 Å². The summed E-state index contributed by atoms with van der Waals surface area (Å²) in [6.45, 7) is 0. The number of primary amides is 1. The summed E-state index contributed by atoms with van der Waals surface area (Å²) in [6, 6.07) is 9.22. The number of para-hydroxylation sites is 1. The summed E-state index contributed by atoms with van der Waals surface area (Å²) in [6.07, 6.45) is 4.81. The quantitative estimate of drug-likeness (QED) is 0.755. The Morgan fingerprint density at radius 2 is 1.89 bits per heavy atom. The highest BCUT2D eigenvalue weighted by molar-refractivity contribution is 5.98. The average molecular weight is 245 g/mol. The van der Waals surface area contributed by atoms with Crippen LogP contribution < -0.4 is 16.4 Å². The maximum atomic E-state index is 11.4. The number of carbonyl (C=O) groups is 1. The van der Waals surface area contributed by atoms with Crippen LogP contribution in [0.2, 0.25) is 0 Å². The zero-order valence-corrected chi connectivity index (χ0v) is 10.4. The van der Waals surface area contributed by atoms with Crippen molar-refractivity contribution in [3.05, 3.63) is 29.8 Å². The Kier molecular flexibility index (Phi) is 2.96. The normalized spacial score (nSPS) is 30.1. The number of rotatable bonds is 3. The number of amides is 1. The fraction of sp³-hybridized carbons (Fsp3) is 0.500. The van der Waals surface area contributed by atoms with Gasteiger partial charge in [-0.1, -0.05) is 12.1 Å². The summed E-state index contributed by atoms with van der Waals surface area (Å²) in [5.74, 6) is -0.366. The number of fused-ring (bicyclic) bond motifs is 2.